The van der Waals surface area contributed by atoms with Crippen LogP contribution in [0.5, 0.6) is 0 Å². The van der Waals surface area contributed by atoms with Crippen LogP contribution in [0.1, 0.15) is 5.56 Å². The zero-order valence-corrected chi connectivity index (χ0v) is 10.4. The summed E-state index contributed by atoms with van der Waals surface area (Å²) in [5.41, 5.74) is 1.43. The molecular weight excluding hydrogens is 254 g/mol. The average Bonchev–Trinajstić information content (AvgIpc) is 2.89. The van der Waals surface area contributed by atoms with Gasteiger partial charge < -0.3 is 9.73 Å². The molecule has 0 aliphatic carbocycles. The third-order valence-electron chi connectivity index (χ3n) is 2.30. The predicted molar refractivity (Wildman–Crippen MR) is 68.7 cm³/mol. The summed E-state index contributed by atoms with van der Waals surface area (Å²) in [5, 5.41) is 14.2. The van der Waals surface area contributed by atoms with Crippen molar-refractivity contribution in [2.45, 2.75) is 11.0 Å². The first-order valence-electron chi connectivity index (χ1n) is 5.18. The smallest absolute Gasteiger partial charge is 0.292 e. The zero-order chi connectivity index (χ0) is 13.0. The van der Waals surface area contributed by atoms with Gasteiger partial charge in [-0.15, -0.1) is 0 Å². The molecule has 0 spiro atoms. The summed E-state index contributed by atoms with van der Waals surface area (Å²) < 4.78 is 5.08. The molecule has 0 bridgehead atoms. The topological polar surface area (TPSA) is 81.2 Å². The monoisotopic (exact) mass is 265 g/mol. The minimum atomic E-state index is -0.398. The Bertz CT molecular complexity index is 542. The maximum atomic E-state index is 10.9. The van der Waals surface area contributed by atoms with Crippen LogP contribution in [0.4, 0.5) is 11.4 Å². The van der Waals surface area contributed by atoms with Crippen LogP contribution in [-0.4, -0.2) is 17.0 Å². The van der Waals surface area contributed by atoms with Gasteiger partial charge in [-0.2, -0.15) is 0 Å². The molecule has 0 amide bonds. The van der Waals surface area contributed by atoms with Crippen molar-refractivity contribution in [2.24, 2.45) is 0 Å². The summed E-state index contributed by atoms with van der Waals surface area (Å²) in [6.45, 7) is 0. The van der Waals surface area contributed by atoms with E-state index in [4.69, 9.17) is 4.42 Å². The summed E-state index contributed by atoms with van der Waals surface area (Å²) in [6.07, 6.45) is 3.06. The van der Waals surface area contributed by atoms with Crippen LogP contribution < -0.4 is 5.32 Å². The molecule has 2 rings (SSSR count). The number of anilines is 1. The fourth-order valence-corrected chi connectivity index (χ4v) is 2.18. The lowest BCUT2D eigenvalue weighted by atomic mass is 10.2. The van der Waals surface area contributed by atoms with Crippen molar-refractivity contribution in [1.29, 1.82) is 0 Å². The van der Waals surface area contributed by atoms with Crippen molar-refractivity contribution in [2.75, 3.05) is 12.4 Å². The van der Waals surface area contributed by atoms with Crippen molar-refractivity contribution in [3.63, 3.8) is 0 Å². The quantitative estimate of drug-likeness (QED) is 0.508. The molecule has 0 saturated heterocycles. The number of thioether (sulfide) groups is 1. The number of nitrogens with one attached hydrogen (secondary N) is 1. The van der Waals surface area contributed by atoms with Gasteiger partial charge in [0.2, 0.25) is 0 Å². The Balaban J connectivity index is 2.14. The SMILES string of the molecule is CNc1ccc(CSc2ncco2)cc1[N+](=O)[O-]. The molecule has 2 aromatic rings. The molecule has 7 heteroatoms. The summed E-state index contributed by atoms with van der Waals surface area (Å²) in [7, 11) is 1.66. The first-order valence-corrected chi connectivity index (χ1v) is 6.16. The van der Waals surface area contributed by atoms with E-state index in [9.17, 15) is 10.1 Å². The van der Waals surface area contributed by atoms with Crippen LogP contribution in [0, 0.1) is 10.1 Å². The molecule has 1 aromatic carbocycles. The molecular formula is C11H11N3O3S. The molecule has 6 nitrogen and oxygen atoms in total. The van der Waals surface area contributed by atoms with E-state index in [-0.39, 0.29) is 5.69 Å². The molecule has 0 atom stereocenters. The Morgan fingerprint density at radius 2 is 2.39 bits per heavy atom. The van der Waals surface area contributed by atoms with Gasteiger partial charge in [0.25, 0.3) is 10.9 Å². The summed E-state index contributed by atoms with van der Waals surface area (Å²) in [6, 6.07) is 5.10. The Hall–Kier alpha value is -2.02. The van der Waals surface area contributed by atoms with Gasteiger partial charge in [-0.3, -0.25) is 10.1 Å². The van der Waals surface area contributed by atoms with Crippen LogP contribution in [0.3, 0.4) is 0 Å². The number of nitrogens with zero attached hydrogens (tertiary/aromatic N) is 2. The minimum Gasteiger partial charge on any atom is -0.440 e. The fourth-order valence-electron chi connectivity index (χ4n) is 1.46. The van der Waals surface area contributed by atoms with Crippen LogP contribution in [0.15, 0.2) is 40.3 Å². The van der Waals surface area contributed by atoms with Gasteiger partial charge >= 0.3 is 0 Å². The summed E-state index contributed by atoms with van der Waals surface area (Å²) in [5.74, 6) is 0.575. The summed E-state index contributed by atoms with van der Waals surface area (Å²) in [4.78, 5) is 14.5. The van der Waals surface area contributed by atoms with E-state index in [1.165, 1.54) is 18.0 Å². The van der Waals surface area contributed by atoms with Gasteiger partial charge in [0.05, 0.1) is 11.1 Å². The van der Waals surface area contributed by atoms with Gasteiger partial charge in [-0.1, -0.05) is 17.8 Å². The number of oxazole rings is 1. The van der Waals surface area contributed by atoms with Gasteiger partial charge in [0.1, 0.15) is 12.0 Å². The highest BCUT2D eigenvalue weighted by Crippen LogP contribution is 2.28. The molecule has 1 heterocycles. The lowest BCUT2D eigenvalue weighted by Crippen LogP contribution is -1.97. The van der Waals surface area contributed by atoms with Crippen LogP contribution in [-0.2, 0) is 5.75 Å². The van der Waals surface area contributed by atoms with Crippen molar-refractivity contribution in [3.8, 4) is 0 Å². The first kappa shape index (κ1) is 12.4. The number of hydrogen-bond acceptors (Lipinski definition) is 6. The lowest BCUT2D eigenvalue weighted by Gasteiger charge is -2.04. The second kappa shape index (κ2) is 5.54. The lowest BCUT2D eigenvalue weighted by molar-refractivity contribution is -0.384. The van der Waals surface area contributed by atoms with Crippen LogP contribution >= 0.6 is 11.8 Å². The number of nitro benzene ring substituents is 1. The van der Waals surface area contributed by atoms with E-state index in [1.807, 2.05) is 6.07 Å². The largest absolute Gasteiger partial charge is 0.440 e. The Labute approximate surface area is 108 Å². The van der Waals surface area contributed by atoms with E-state index in [0.29, 0.717) is 16.7 Å². The highest BCUT2D eigenvalue weighted by atomic mass is 32.2. The van der Waals surface area contributed by atoms with Crippen molar-refractivity contribution in [1.82, 2.24) is 4.98 Å². The zero-order valence-electron chi connectivity index (χ0n) is 9.62. The van der Waals surface area contributed by atoms with Gasteiger partial charge in [-0.25, -0.2) is 4.98 Å². The summed E-state index contributed by atoms with van der Waals surface area (Å²) >= 11 is 1.39. The number of aromatic nitrogens is 1. The van der Waals surface area contributed by atoms with E-state index < -0.39 is 4.92 Å². The number of rotatable bonds is 5. The third-order valence-corrected chi connectivity index (χ3v) is 3.23. The predicted octanol–water partition coefficient (Wildman–Crippen LogP) is 2.92. The maximum absolute atomic E-state index is 10.9. The van der Waals surface area contributed by atoms with E-state index in [0.717, 1.165) is 5.56 Å². The van der Waals surface area contributed by atoms with Gasteiger partial charge in [-0.05, 0) is 11.6 Å². The van der Waals surface area contributed by atoms with Gasteiger partial charge in [0, 0.05) is 18.9 Å². The molecule has 18 heavy (non-hydrogen) atoms. The number of nitro groups is 1. The molecule has 0 aliphatic heterocycles. The second-order valence-electron chi connectivity index (χ2n) is 3.45. The normalized spacial score (nSPS) is 10.3. The van der Waals surface area contributed by atoms with Crippen molar-refractivity contribution in [3.05, 3.63) is 46.3 Å². The molecule has 0 unspecified atom stereocenters. The highest BCUT2D eigenvalue weighted by Gasteiger charge is 2.13. The van der Waals surface area contributed by atoms with Gasteiger partial charge in [0.15, 0.2) is 0 Å². The molecule has 1 N–H and O–H groups in total. The fraction of sp³-hybridized carbons (Fsp3) is 0.182. The van der Waals surface area contributed by atoms with E-state index in [2.05, 4.69) is 10.3 Å². The molecule has 94 valence electrons. The van der Waals surface area contributed by atoms with Crippen molar-refractivity contribution >= 4 is 23.1 Å². The van der Waals surface area contributed by atoms with E-state index >= 15 is 0 Å². The standard InChI is InChI=1S/C11H11N3O3S/c1-12-9-3-2-8(6-10(9)14(15)16)7-18-11-13-4-5-17-11/h2-6,12H,7H2,1H3. The Morgan fingerprint density at radius 1 is 1.56 bits per heavy atom. The average molecular weight is 265 g/mol. The van der Waals surface area contributed by atoms with E-state index in [1.54, 1.807) is 25.4 Å². The molecule has 0 aliphatic rings. The highest BCUT2D eigenvalue weighted by molar-refractivity contribution is 7.98. The third kappa shape index (κ3) is 2.80. The number of hydrogen-bond donors (Lipinski definition) is 1. The molecule has 1 aromatic heterocycles. The maximum Gasteiger partial charge on any atom is 0.292 e. The second-order valence-corrected chi connectivity index (χ2v) is 4.37. The Kier molecular flexibility index (Phi) is 3.83. The number of benzene rings is 1. The Morgan fingerprint density at radius 3 is 3.00 bits per heavy atom. The molecule has 0 radical (unpaired) electrons. The van der Waals surface area contributed by atoms with Crippen LogP contribution in [0.25, 0.3) is 0 Å². The van der Waals surface area contributed by atoms with Crippen LogP contribution in [0.2, 0.25) is 0 Å². The van der Waals surface area contributed by atoms with Crippen molar-refractivity contribution < 1.29 is 9.34 Å². The minimum absolute atomic E-state index is 0.0722. The molecule has 0 fully saturated rings. The first-order chi connectivity index (χ1) is 8.70. The molecule has 0 saturated carbocycles.